The first-order chi connectivity index (χ1) is 37.8. The Labute approximate surface area is 522 Å². The summed E-state index contributed by atoms with van der Waals surface area (Å²) in [6.07, 6.45) is 19.2. The van der Waals surface area contributed by atoms with Crippen molar-refractivity contribution >= 4 is 95.2 Å². The van der Waals surface area contributed by atoms with Crippen LogP contribution in [0.3, 0.4) is 0 Å². The number of anilines is 3. The van der Waals surface area contributed by atoms with Crippen molar-refractivity contribution in [3.05, 3.63) is 162 Å². The number of hydrogen-bond acceptors (Lipinski definition) is 16. The molecule has 5 N–H and O–H groups in total. The van der Waals surface area contributed by atoms with Crippen LogP contribution in [0.2, 0.25) is 0 Å². The molecule has 0 unspecified atom stereocenters. The largest absolute Gasteiger partial charge is 1.00 e. The molecule has 0 bridgehead atoms. The summed E-state index contributed by atoms with van der Waals surface area (Å²) in [4.78, 5) is 87.2. The van der Waals surface area contributed by atoms with Gasteiger partial charge < -0.3 is 36.2 Å². The van der Waals surface area contributed by atoms with Gasteiger partial charge in [-0.3, -0.25) is 29.7 Å². The number of hydrogen-bond donors (Lipinski definition) is 3. The molecule has 20 nitrogen and oxygen atoms in total. The Balaban J connectivity index is 0.000000193. The van der Waals surface area contributed by atoms with Crippen LogP contribution < -0.4 is 83.1 Å². The van der Waals surface area contributed by atoms with Crippen molar-refractivity contribution in [1.82, 2.24) is 34.9 Å². The molecule has 0 saturated carbocycles. The number of carbonyl (C=O) groups excluding carboxylic acids is 5. The number of aromatic nitrogens is 7. The average Bonchev–Trinajstić information content (AvgIpc) is 3.49. The summed E-state index contributed by atoms with van der Waals surface area (Å²) in [5.41, 5.74) is 13.9. The topological polar surface area (TPSA) is 288 Å². The van der Waals surface area contributed by atoms with Crippen LogP contribution in [0.4, 0.5) is 44.6 Å². The van der Waals surface area contributed by atoms with Crippen molar-refractivity contribution < 1.29 is 107 Å². The Morgan fingerprint density at radius 1 is 0.613 bits per heavy atom. The van der Waals surface area contributed by atoms with Crippen LogP contribution in [0.1, 0.15) is 74.0 Å². The quantitative estimate of drug-likeness (QED) is 0.102. The first kappa shape index (κ1) is 64.4. The number of halogens is 7. The van der Waals surface area contributed by atoms with Crippen molar-refractivity contribution in [3.8, 4) is 22.3 Å². The molecule has 0 spiro atoms. The van der Waals surface area contributed by atoms with Crippen LogP contribution in [-0.2, 0) is 28.7 Å². The van der Waals surface area contributed by atoms with Crippen LogP contribution in [0.25, 0.3) is 22.3 Å². The second-order valence-electron chi connectivity index (χ2n) is 16.7. The van der Waals surface area contributed by atoms with Gasteiger partial charge in [0.1, 0.15) is 34.4 Å². The first-order valence-corrected chi connectivity index (χ1v) is 26.0. The summed E-state index contributed by atoms with van der Waals surface area (Å²) in [7, 11) is 1.18. The number of methoxy groups -OCH3 is 1. The maximum absolute atomic E-state index is 14.0. The number of fused-ring (bicyclic) bond motifs is 3. The number of esters is 2. The Kier molecular flexibility index (Phi) is 24.9. The van der Waals surface area contributed by atoms with Gasteiger partial charge in [-0.1, -0.05) is 0 Å². The molecular formula is C52H46Br3F4KN12O8. The van der Waals surface area contributed by atoms with E-state index in [1.807, 2.05) is 6.20 Å². The molecule has 28 heteroatoms. The number of ether oxygens (including phenoxy) is 2. The fraction of sp³-hybridized carbons (Fsp3) is 0.231. The summed E-state index contributed by atoms with van der Waals surface area (Å²) in [5.74, 6) is -3.87. The molecule has 0 aromatic carbocycles. The third-order valence-electron chi connectivity index (χ3n) is 11.5. The van der Waals surface area contributed by atoms with Crippen molar-refractivity contribution in [2.24, 2.45) is 11.5 Å². The Morgan fingerprint density at radius 3 is 1.60 bits per heavy atom. The number of aryl methyl sites for hydroxylation is 3. The second kappa shape index (κ2) is 31.0. The van der Waals surface area contributed by atoms with E-state index in [0.717, 1.165) is 65.6 Å². The Bertz CT molecular complexity index is 3360. The Hall–Kier alpha value is -6.40. The number of aromatic carboxylic acids is 1. The minimum Gasteiger partial charge on any atom is -0.545 e. The summed E-state index contributed by atoms with van der Waals surface area (Å²) in [6, 6.07) is 5.75. The smallest absolute Gasteiger partial charge is 0.545 e. The van der Waals surface area contributed by atoms with Gasteiger partial charge in [0, 0.05) is 99.8 Å². The maximum Gasteiger partial charge on any atom is 1.00 e. The van der Waals surface area contributed by atoms with Crippen molar-refractivity contribution in [2.75, 3.05) is 48.5 Å². The second-order valence-corrected chi connectivity index (χ2v) is 19.4. The van der Waals surface area contributed by atoms with Gasteiger partial charge in [-0.15, -0.1) is 0 Å². The van der Waals surface area contributed by atoms with Crippen LogP contribution in [0, 0.1) is 23.3 Å². The van der Waals surface area contributed by atoms with Crippen molar-refractivity contribution in [2.45, 2.75) is 45.4 Å². The number of pyridine rings is 7. The molecule has 0 atom stereocenters. The average molecular weight is 1320 g/mol. The zero-order chi connectivity index (χ0) is 57.3. The fourth-order valence-corrected chi connectivity index (χ4v) is 9.17. The van der Waals surface area contributed by atoms with E-state index in [0.29, 0.717) is 64.1 Å². The molecule has 7 aromatic heterocycles. The van der Waals surface area contributed by atoms with E-state index in [1.165, 1.54) is 72.1 Å². The number of nitrogens with two attached hydrogens (primary N) is 2. The SMILES string of the molecule is Brc1cnc2c(c1)CCCN2.CCOC(=O)c1c(F)cncc1Br.COC(=O)c1c(F)cncc1-c1cnc2c(c1)CCCN2C(N)=O.Fc1cncc(Br)c1.NC(=O)N1CCCc2cc(-c3cncc(F)c3C(=O)[O-])cnc21.[K+]. The minimum atomic E-state index is -1.63. The zero-order valence-electron chi connectivity index (χ0n) is 42.8. The van der Waals surface area contributed by atoms with Gasteiger partial charge in [0.25, 0.3) is 0 Å². The van der Waals surface area contributed by atoms with Crippen LogP contribution >= 0.6 is 47.8 Å². The van der Waals surface area contributed by atoms with E-state index >= 15 is 0 Å². The maximum atomic E-state index is 14.0. The van der Waals surface area contributed by atoms with Gasteiger partial charge in [-0.25, -0.2) is 51.7 Å². The third-order valence-corrected chi connectivity index (χ3v) is 12.9. The molecule has 0 aliphatic carbocycles. The normalized spacial score (nSPS) is 12.5. The Morgan fingerprint density at radius 2 is 1.11 bits per heavy atom. The summed E-state index contributed by atoms with van der Waals surface area (Å²) >= 11 is 9.47. The molecule has 3 aliphatic heterocycles. The molecule has 7 aromatic rings. The zero-order valence-corrected chi connectivity index (χ0v) is 50.7. The fourth-order valence-electron chi connectivity index (χ4n) is 7.99. The van der Waals surface area contributed by atoms with Gasteiger partial charge in [0.15, 0.2) is 17.5 Å². The molecule has 0 fully saturated rings. The molecule has 10 heterocycles. The molecule has 412 valence electrons. The van der Waals surface area contributed by atoms with E-state index in [1.54, 1.807) is 19.1 Å². The van der Waals surface area contributed by atoms with Gasteiger partial charge in [0.2, 0.25) is 0 Å². The standard InChI is InChI=1S/C16H15FN4O3.C15H13FN4O3.C8H7BrFNO2.C8H9BrN2.C5H3BrFN.K/c1-24-15(22)13-11(7-19-8-12(13)17)10-5-9-3-2-4-21(16(18)23)14(9)20-6-10;16-11-7-18-6-10(12(11)14(21)22)9-4-8-2-1-3-20(15(17)23)13(8)19-5-9;1-2-13-8(12)7-5(9)3-11-4-6(7)10;9-7-4-6-2-1-3-10-8(6)11-5-7;6-4-1-5(7)3-8-2-4;/h5-8H,2-4H2,1H3,(H2,18,23);4-7H,1-3H2,(H2,17,23)(H,21,22);3-4H,2H2,1H3;4-5H,1-3H2,(H,10,11);1-3H;/q;;;;;+1/p-1. The number of carboxylic acid groups (broad SMARTS) is 1. The number of primary amides is 2. The van der Waals surface area contributed by atoms with Crippen molar-refractivity contribution in [3.63, 3.8) is 0 Å². The molecule has 4 amide bonds. The van der Waals surface area contributed by atoms with E-state index in [4.69, 9.17) is 11.5 Å². The number of carboxylic acids is 1. The third kappa shape index (κ3) is 17.1. The number of rotatable bonds is 6. The van der Waals surface area contributed by atoms with Gasteiger partial charge in [-0.2, -0.15) is 0 Å². The summed E-state index contributed by atoms with van der Waals surface area (Å²) in [6.45, 7) is 3.91. The molecule has 80 heavy (non-hydrogen) atoms. The van der Waals surface area contributed by atoms with Crippen LogP contribution in [0.5, 0.6) is 0 Å². The minimum absolute atomic E-state index is 0. The molecule has 10 rings (SSSR count). The number of amides is 4. The van der Waals surface area contributed by atoms with Gasteiger partial charge in [0.05, 0.1) is 48.9 Å². The molecule has 0 saturated heterocycles. The first-order valence-electron chi connectivity index (χ1n) is 23.6. The van der Waals surface area contributed by atoms with Gasteiger partial charge in [-0.05, 0) is 134 Å². The van der Waals surface area contributed by atoms with E-state index < -0.39 is 53.0 Å². The van der Waals surface area contributed by atoms with Crippen LogP contribution in [-0.4, -0.2) is 98.2 Å². The monoisotopic (exact) mass is 1320 g/mol. The van der Waals surface area contributed by atoms with E-state index in [2.05, 4.69) is 104 Å². The van der Waals surface area contributed by atoms with Crippen molar-refractivity contribution in [1.29, 1.82) is 0 Å². The number of urea groups is 2. The summed E-state index contributed by atoms with van der Waals surface area (Å²) < 4.78 is 64.2. The predicted molar refractivity (Wildman–Crippen MR) is 290 cm³/mol. The molecule has 0 radical (unpaired) electrons. The van der Waals surface area contributed by atoms with E-state index in [-0.39, 0.29) is 86.1 Å². The number of nitrogens with one attached hydrogen (secondary N) is 1. The van der Waals surface area contributed by atoms with Gasteiger partial charge >= 0.3 is 75.4 Å². The number of carbonyl (C=O) groups is 5. The predicted octanol–water partition coefficient (Wildman–Crippen LogP) is 5.73. The molecular weight excluding hydrogens is 1280 g/mol. The summed E-state index contributed by atoms with van der Waals surface area (Å²) in [5, 5.41) is 14.4. The molecule has 3 aliphatic rings. The van der Waals surface area contributed by atoms with Crippen LogP contribution in [0.15, 0.2) is 106 Å². The van der Waals surface area contributed by atoms with E-state index in [9.17, 15) is 46.6 Å². The number of nitrogens with zero attached hydrogens (tertiary/aromatic N) is 9.